The Bertz CT molecular complexity index is 884. The van der Waals surface area contributed by atoms with Crippen LogP contribution in [0.3, 0.4) is 0 Å². The minimum atomic E-state index is -1.44. The van der Waals surface area contributed by atoms with Crippen molar-refractivity contribution in [3.63, 3.8) is 0 Å². The first-order valence-electron chi connectivity index (χ1n) is 8.65. The summed E-state index contributed by atoms with van der Waals surface area (Å²) in [5.74, 6) is -1.84. The molecule has 0 saturated carbocycles. The molecule has 150 valence electrons. The number of hydrogen-bond acceptors (Lipinski definition) is 8. The molecule has 0 bridgehead atoms. The topological polar surface area (TPSA) is 108 Å². The fourth-order valence-corrected chi connectivity index (χ4v) is 2.45. The van der Waals surface area contributed by atoms with Crippen LogP contribution in [0.5, 0.6) is 0 Å². The molecule has 0 radical (unpaired) electrons. The van der Waals surface area contributed by atoms with Crippen LogP contribution in [0.1, 0.15) is 17.5 Å². The van der Waals surface area contributed by atoms with Gasteiger partial charge in [-0.25, -0.2) is 9.59 Å². The molecule has 0 spiro atoms. The molecule has 29 heavy (non-hydrogen) atoms. The Kier molecular flexibility index (Phi) is 6.41. The Morgan fingerprint density at radius 1 is 0.828 bits per heavy atom. The molecular weight excluding hydrogens is 382 g/mol. The Morgan fingerprint density at radius 2 is 1.34 bits per heavy atom. The van der Waals surface area contributed by atoms with Crippen LogP contribution in [-0.2, 0) is 41.9 Å². The molecule has 0 aliphatic carbocycles. The molecule has 0 N–H and O–H groups in total. The maximum atomic E-state index is 12.2. The van der Waals surface area contributed by atoms with Gasteiger partial charge in [0.1, 0.15) is 13.2 Å². The number of imide groups is 1. The summed E-state index contributed by atoms with van der Waals surface area (Å²) in [6.07, 6.45) is -4.25. The summed E-state index contributed by atoms with van der Waals surface area (Å²) in [5, 5.41) is 0.225. The molecule has 1 atom stereocenters. The molecule has 1 unspecified atom stereocenters. The molecule has 1 heterocycles. The van der Waals surface area contributed by atoms with Crippen LogP contribution in [0.15, 0.2) is 60.7 Å². The number of nitrogens with zero attached hydrogens (tertiary/aromatic N) is 1. The molecule has 2 aromatic carbocycles. The van der Waals surface area contributed by atoms with Crippen molar-refractivity contribution < 1.29 is 38.2 Å². The van der Waals surface area contributed by atoms with Gasteiger partial charge in [-0.1, -0.05) is 65.7 Å². The molecule has 1 aliphatic rings. The van der Waals surface area contributed by atoms with E-state index in [0.29, 0.717) is 5.56 Å². The highest BCUT2D eigenvalue weighted by molar-refractivity contribution is 6.05. The number of amides is 2. The van der Waals surface area contributed by atoms with Crippen LogP contribution in [0.4, 0.5) is 9.59 Å². The van der Waals surface area contributed by atoms with E-state index in [2.05, 4.69) is 4.84 Å². The molecule has 1 fully saturated rings. The average molecular weight is 399 g/mol. The lowest BCUT2D eigenvalue weighted by atomic mass is 10.2. The molecule has 9 heteroatoms. The van der Waals surface area contributed by atoms with E-state index in [1.165, 1.54) is 0 Å². The van der Waals surface area contributed by atoms with Crippen LogP contribution in [0.25, 0.3) is 0 Å². The minimum absolute atomic E-state index is 0.0550. The Labute approximate surface area is 165 Å². The van der Waals surface area contributed by atoms with Crippen LogP contribution < -0.4 is 0 Å². The van der Waals surface area contributed by atoms with Gasteiger partial charge in [-0.05, 0) is 11.1 Å². The van der Waals surface area contributed by atoms with Gasteiger partial charge in [0.15, 0.2) is 6.10 Å². The first-order valence-corrected chi connectivity index (χ1v) is 8.65. The molecule has 2 amide bonds. The highest BCUT2D eigenvalue weighted by atomic mass is 16.8. The maximum Gasteiger partial charge on any atom is 0.534 e. The van der Waals surface area contributed by atoms with Crippen LogP contribution in [0.2, 0.25) is 0 Å². The van der Waals surface area contributed by atoms with Gasteiger partial charge in [-0.15, -0.1) is 0 Å². The summed E-state index contributed by atoms with van der Waals surface area (Å²) in [4.78, 5) is 52.2. The van der Waals surface area contributed by atoms with Crippen molar-refractivity contribution in [1.29, 1.82) is 0 Å². The van der Waals surface area contributed by atoms with Gasteiger partial charge in [-0.2, -0.15) is 0 Å². The molecule has 3 rings (SSSR count). The van der Waals surface area contributed by atoms with Gasteiger partial charge in [0.05, 0.1) is 6.42 Å². The number of hydroxylamine groups is 2. The Hall–Kier alpha value is -3.88. The summed E-state index contributed by atoms with van der Waals surface area (Å²) in [5.41, 5.74) is 1.43. The van der Waals surface area contributed by atoms with E-state index in [1.807, 2.05) is 6.07 Å². The van der Waals surface area contributed by atoms with Gasteiger partial charge in [0, 0.05) is 0 Å². The van der Waals surface area contributed by atoms with E-state index in [0.717, 1.165) is 5.56 Å². The lowest BCUT2D eigenvalue weighted by molar-refractivity contribution is -0.180. The summed E-state index contributed by atoms with van der Waals surface area (Å²) in [6.45, 7) is -0.151. The van der Waals surface area contributed by atoms with Gasteiger partial charge in [0.2, 0.25) is 0 Å². The first kappa shape index (κ1) is 19.9. The number of ether oxygens (including phenoxy) is 3. The Balaban J connectivity index is 1.46. The van der Waals surface area contributed by atoms with Gasteiger partial charge >= 0.3 is 18.2 Å². The first-order chi connectivity index (χ1) is 14.0. The summed E-state index contributed by atoms with van der Waals surface area (Å²) in [6, 6.07) is 17.6. The van der Waals surface area contributed by atoms with E-state index < -0.39 is 36.6 Å². The second-order valence-electron chi connectivity index (χ2n) is 5.98. The number of carbonyl (C=O) groups is 4. The lowest BCUT2D eigenvalue weighted by Gasteiger charge is -2.14. The third-order valence-corrected chi connectivity index (χ3v) is 3.87. The normalized spacial score (nSPS) is 15.7. The summed E-state index contributed by atoms with van der Waals surface area (Å²) < 4.78 is 14.6. The Morgan fingerprint density at radius 3 is 1.90 bits per heavy atom. The van der Waals surface area contributed by atoms with Crippen molar-refractivity contribution in [2.24, 2.45) is 0 Å². The van der Waals surface area contributed by atoms with E-state index >= 15 is 0 Å². The standard InChI is InChI=1S/C20H17NO8/c22-17-11-16(28-19(24)26-12-14-7-3-1-4-8-14)18(23)21(17)29-20(25)27-13-15-9-5-2-6-10-15/h1-10,16H,11-13H2. The predicted molar refractivity (Wildman–Crippen MR) is 95.7 cm³/mol. The van der Waals surface area contributed by atoms with Crippen molar-refractivity contribution in [2.75, 3.05) is 0 Å². The fourth-order valence-electron chi connectivity index (χ4n) is 2.45. The highest BCUT2D eigenvalue weighted by Crippen LogP contribution is 2.18. The average Bonchev–Trinajstić information content (AvgIpc) is 2.99. The molecule has 9 nitrogen and oxygen atoms in total. The largest absolute Gasteiger partial charge is 0.534 e. The second-order valence-corrected chi connectivity index (χ2v) is 5.98. The smallest absolute Gasteiger partial charge is 0.429 e. The molecule has 1 saturated heterocycles. The zero-order valence-corrected chi connectivity index (χ0v) is 15.2. The monoisotopic (exact) mass is 399 g/mol. The van der Waals surface area contributed by atoms with Crippen LogP contribution in [0, 0.1) is 0 Å². The minimum Gasteiger partial charge on any atom is -0.429 e. The van der Waals surface area contributed by atoms with Crippen LogP contribution in [-0.4, -0.2) is 35.3 Å². The van der Waals surface area contributed by atoms with Gasteiger partial charge in [0.25, 0.3) is 5.91 Å². The van der Waals surface area contributed by atoms with E-state index in [1.54, 1.807) is 54.6 Å². The zero-order valence-electron chi connectivity index (χ0n) is 15.2. The second kappa shape index (κ2) is 9.36. The van der Waals surface area contributed by atoms with Crippen molar-refractivity contribution in [2.45, 2.75) is 25.7 Å². The third kappa shape index (κ3) is 5.55. The van der Waals surface area contributed by atoms with E-state index in [-0.39, 0.29) is 18.3 Å². The number of rotatable bonds is 6. The predicted octanol–water partition coefficient (Wildman–Crippen LogP) is 2.74. The number of benzene rings is 2. The van der Waals surface area contributed by atoms with Crippen molar-refractivity contribution in [3.8, 4) is 0 Å². The zero-order chi connectivity index (χ0) is 20.6. The van der Waals surface area contributed by atoms with Crippen molar-refractivity contribution in [3.05, 3.63) is 71.8 Å². The molecule has 2 aromatic rings. The SMILES string of the molecule is O=C(OCc1ccccc1)OC1CC(=O)N(OC(=O)OCc2ccccc2)C1=O. The number of carbonyl (C=O) groups excluding carboxylic acids is 4. The van der Waals surface area contributed by atoms with Crippen molar-refractivity contribution in [1.82, 2.24) is 5.06 Å². The molecular formula is C20H17NO8. The fraction of sp³-hybridized carbons (Fsp3) is 0.200. The van der Waals surface area contributed by atoms with Gasteiger partial charge in [-0.3, -0.25) is 14.4 Å². The molecule has 0 aromatic heterocycles. The lowest BCUT2D eigenvalue weighted by Crippen LogP contribution is -2.36. The summed E-state index contributed by atoms with van der Waals surface area (Å²) >= 11 is 0. The third-order valence-electron chi connectivity index (χ3n) is 3.87. The van der Waals surface area contributed by atoms with E-state index in [4.69, 9.17) is 14.2 Å². The number of hydrogen-bond donors (Lipinski definition) is 0. The maximum absolute atomic E-state index is 12.2. The van der Waals surface area contributed by atoms with Crippen molar-refractivity contribution >= 4 is 24.1 Å². The molecule has 1 aliphatic heterocycles. The highest BCUT2D eigenvalue weighted by Gasteiger charge is 2.45. The van der Waals surface area contributed by atoms with Crippen LogP contribution >= 0.6 is 0 Å². The van der Waals surface area contributed by atoms with Gasteiger partial charge < -0.3 is 14.2 Å². The summed E-state index contributed by atoms with van der Waals surface area (Å²) in [7, 11) is 0. The quantitative estimate of drug-likeness (QED) is 0.539. The van der Waals surface area contributed by atoms with E-state index in [9.17, 15) is 19.2 Å².